The molecule has 3 rings (SSSR count). The Kier molecular flexibility index (Phi) is 5.13. The van der Waals surface area contributed by atoms with Crippen molar-refractivity contribution < 1.29 is 4.52 Å². The Balaban J connectivity index is 2.30. The van der Waals surface area contributed by atoms with Gasteiger partial charge in [0.05, 0.1) is 0 Å². The first-order valence-electron chi connectivity index (χ1n) is 7.48. The molecule has 1 nitrogen and oxygen atoms in total. The van der Waals surface area contributed by atoms with Gasteiger partial charge in [-0.15, -0.1) is 0 Å². The van der Waals surface area contributed by atoms with E-state index < -0.39 is 13.1 Å². The quantitative estimate of drug-likeness (QED) is 0.398. The van der Waals surface area contributed by atoms with Gasteiger partial charge in [-0.05, 0) is 23.4 Å². The Morgan fingerprint density at radius 2 is 0.957 bits per heavy atom. The number of hydrogen-bond donors (Lipinski definition) is 0. The highest BCUT2D eigenvalue weighted by Gasteiger charge is 2.38. The molecule has 0 fully saturated rings. The van der Waals surface area contributed by atoms with E-state index in [1.54, 1.807) is 0 Å². The molecule has 3 heteroatoms. The minimum absolute atomic E-state index is 0.702. The molecule has 0 saturated heterocycles. The molecule has 0 spiro atoms. The van der Waals surface area contributed by atoms with Gasteiger partial charge in [-0.1, -0.05) is 102 Å². The maximum atomic E-state index is 6.43. The molecule has 23 heavy (non-hydrogen) atoms. The van der Waals surface area contributed by atoms with E-state index in [0.29, 0.717) is 0 Å². The van der Waals surface area contributed by atoms with Crippen molar-refractivity contribution in [2.24, 2.45) is 0 Å². The lowest BCUT2D eigenvalue weighted by Crippen LogP contribution is -2.30. The molecule has 116 valence electrons. The highest BCUT2D eigenvalue weighted by molar-refractivity contribution is 7.79. The summed E-state index contributed by atoms with van der Waals surface area (Å²) < 4.78 is 6.43. The molecule has 0 aromatic heterocycles. The lowest BCUT2D eigenvalue weighted by molar-refractivity contribution is 0.183. The lowest BCUT2D eigenvalue weighted by Gasteiger charge is -2.36. The second kappa shape index (κ2) is 7.27. The van der Waals surface area contributed by atoms with E-state index in [-0.39, 0.29) is 0 Å². The van der Waals surface area contributed by atoms with Gasteiger partial charge in [-0.2, -0.15) is 0 Å². The standard InChI is InChI=1S/C20H18ClOP/c1-23(21)22-20(17-11-5-2-6-12-17,18-13-7-3-8-14-18)19-15-9-4-10-16-19/h2-16H,1H3. The predicted molar refractivity (Wildman–Crippen MR) is 99.0 cm³/mol. The van der Waals surface area contributed by atoms with E-state index >= 15 is 0 Å². The normalized spacial score (nSPS) is 12.8. The van der Waals surface area contributed by atoms with Crippen LogP contribution in [-0.4, -0.2) is 6.66 Å². The van der Waals surface area contributed by atoms with E-state index in [0.717, 1.165) is 16.7 Å². The summed E-state index contributed by atoms with van der Waals surface area (Å²) in [6, 6.07) is 30.8. The van der Waals surface area contributed by atoms with Crippen LogP contribution in [-0.2, 0) is 10.1 Å². The Bertz CT molecular complexity index is 633. The topological polar surface area (TPSA) is 9.23 Å². The predicted octanol–water partition coefficient (Wildman–Crippen LogP) is 6.18. The van der Waals surface area contributed by atoms with Crippen LogP contribution in [0.2, 0.25) is 0 Å². The van der Waals surface area contributed by atoms with Crippen molar-refractivity contribution in [2.45, 2.75) is 5.60 Å². The molecule has 1 atom stereocenters. The van der Waals surface area contributed by atoms with Crippen LogP contribution in [0.5, 0.6) is 0 Å². The summed E-state index contributed by atoms with van der Waals surface area (Å²) in [5.41, 5.74) is 2.53. The molecule has 0 aliphatic rings. The molecule has 0 radical (unpaired) electrons. The second-order valence-corrected chi connectivity index (χ2v) is 7.74. The lowest BCUT2D eigenvalue weighted by atomic mass is 9.80. The number of hydrogen-bond acceptors (Lipinski definition) is 1. The van der Waals surface area contributed by atoms with Crippen molar-refractivity contribution in [3.05, 3.63) is 108 Å². The van der Waals surface area contributed by atoms with Crippen LogP contribution in [0, 0.1) is 0 Å². The van der Waals surface area contributed by atoms with Gasteiger partial charge < -0.3 is 4.52 Å². The zero-order valence-corrected chi connectivity index (χ0v) is 14.5. The molecule has 1 unspecified atom stereocenters. The first-order chi connectivity index (χ1) is 11.2. The smallest absolute Gasteiger partial charge is 0.149 e. The minimum atomic E-state index is -1.09. The fraction of sp³-hybridized carbons (Fsp3) is 0.100. The molecular weight excluding hydrogens is 323 g/mol. The summed E-state index contributed by atoms with van der Waals surface area (Å²) in [5, 5.41) is 0. The summed E-state index contributed by atoms with van der Waals surface area (Å²) in [5.74, 6) is 0. The number of benzene rings is 3. The van der Waals surface area contributed by atoms with Crippen molar-refractivity contribution >= 4 is 18.7 Å². The fourth-order valence-electron chi connectivity index (χ4n) is 2.87. The van der Waals surface area contributed by atoms with Crippen molar-refractivity contribution in [1.29, 1.82) is 0 Å². The van der Waals surface area contributed by atoms with Gasteiger partial charge in [0, 0.05) is 0 Å². The summed E-state index contributed by atoms with van der Waals surface area (Å²) >= 11 is 6.35. The molecular formula is C20H18ClOP. The zero-order valence-electron chi connectivity index (χ0n) is 12.9. The van der Waals surface area contributed by atoms with E-state index in [1.807, 2.05) is 61.3 Å². The van der Waals surface area contributed by atoms with Gasteiger partial charge in [-0.3, -0.25) is 0 Å². The van der Waals surface area contributed by atoms with Crippen molar-refractivity contribution in [3.8, 4) is 0 Å². The first kappa shape index (κ1) is 16.2. The van der Waals surface area contributed by atoms with Crippen LogP contribution >= 0.6 is 18.7 Å². The van der Waals surface area contributed by atoms with Crippen LogP contribution in [0.3, 0.4) is 0 Å². The maximum absolute atomic E-state index is 6.43. The average molecular weight is 341 g/mol. The van der Waals surface area contributed by atoms with Gasteiger partial charge in [0.2, 0.25) is 0 Å². The van der Waals surface area contributed by atoms with Crippen LogP contribution < -0.4 is 0 Å². The molecule has 3 aromatic carbocycles. The number of halogens is 1. The summed E-state index contributed by atoms with van der Waals surface area (Å²) in [6.45, 7) is 1.92. The van der Waals surface area contributed by atoms with Crippen LogP contribution in [0.25, 0.3) is 0 Å². The monoisotopic (exact) mass is 340 g/mol. The molecule has 0 aliphatic carbocycles. The third-order valence-corrected chi connectivity index (χ3v) is 4.54. The molecule has 3 aromatic rings. The van der Waals surface area contributed by atoms with Gasteiger partial charge >= 0.3 is 0 Å². The van der Waals surface area contributed by atoms with Gasteiger partial charge in [0.15, 0.2) is 0 Å². The van der Waals surface area contributed by atoms with Crippen LogP contribution in [0.4, 0.5) is 0 Å². The van der Waals surface area contributed by atoms with Crippen molar-refractivity contribution in [3.63, 3.8) is 0 Å². The maximum Gasteiger partial charge on any atom is 0.149 e. The molecule has 0 heterocycles. The second-order valence-electron chi connectivity index (χ2n) is 5.29. The molecule has 0 amide bonds. The third-order valence-electron chi connectivity index (χ3n) is 3.80. The molecule has 0 bridgehead atoms. The van der Waals surface area contributed by atoms with Crippen molar-refractivity contribution in [2.75, 3.05) is 6.66 Å². The summed E-state index contributed by atoms with van der Waals surface area (Å²) in [6.07, 6.45) is 0. The summed E-state index contributed by atoms with van der Waals surface area (Å²) in [7, 11) is -1.09. The zero-order chi connectivity index (χ0) is 16.1. The minimum Gasteiger partial charge on any atom is -0.323 e. The number of rotatable bonds is 5. The van der Waals surface area contributed by atoms with Gasteiger partial charge in [0.25, 0.3) is 0 Å². The van der Waals surface area contributed by atoms with Crippen molar-refractivity contribution in [1.82, 2.24) is 0 Å². The highest BCUT2D eigenvalue weighted by Crippen LogP contribution is 2.52. The van der Waals surface area contributed by atoms with E-state index in [9.17, 15) is 0 Å². The third kappa shape index (κ3) is 3.33. The Hall–Kier alpha value is -1.66. The average Bonchev–Trinajstić information content (AvgIpc) is 2.62. The SMILES string of the molecule is CP(Cl)OC(c1ccccc1)(c1ccccc1)c1ccccc1. The van der Waals surface area contributed by atoms with Gasteiger partial charge in [-0.25, -0.2) is 0 Å². The van der Waals surface area contributed by atoms with Crippen LogP contribution in [0.1, 0.15) is 16.7 Å². The highest BCUT2D eigenvalue weighted by atomic mass is 35.7. The first-order valence-corrected chi connectivity index (χ1v) is 10.1. The largest absolute Gasteiger partial charge is 0.323 e. The Labute approximate surface area is 143 Å². The summed E-state index contributed by atoms with van der Waals surface area (Å²) in [4.78, 5) is 0. The Morgan fingerprint density at radius 3 is 1.22 bits per heavy atom. The molecule has 0 N–H and O–H groups in total. The molecule has 0 saturated carbocycles. The van der Waals surface area contributed by atoms with Gasteiger partial charge in [0.1, 0.15) is 13.1 Å². The van der Waals surface area contributed by atoms with E-state index in [2.05, 4.69) is 36.4 Å². The Morgan fingerprint density at radius 1 is 0.652 bits per heavy atom. The molecule has 0 aliphatic heterocycles. The van der Waals surface area contributed by atoms with E-state index in [4.69, 9.17) is 15.8 Å². The fourth-order valence-corrected chi connectivity index (χ4v) is 3.87. The van der Waals surface area contributed by atoms with Crippen LogP contribution in [0.15, 0.2) is 91.0 Å². The van der Waals surface area contributed by atoms with E-state index in [1.165, 1.54) is 0 Å².